The molecule has 0 aliphatic heterocycles. The average Bonchev–Trinajstić information content (AvgIpc) is 2.36. The van der Waals surface area contributed by atoms with Gasteiger partial charge in [0.1, 0.15) is 11.6 Å². The number of benzene rings is 2. The van der Waals surface area contributed by atoms with Crippen LogP contribution in [0.4, 0.5) is 10.1 Å². The van der Waals surface area contributed by atoms with Crippen molar-refractivity contribution in [2.75, 3.05) is 0 Å². The molecule has 2 aromatic carbocycles. The summed E-state index contributed by atoms with van der Waals surface area (Å²) >= 11 is 5.02. The maximum absolute atomic E-state index is 13.6. The van der Waals surface area contributed by atoms with E-state index in [0.29, 0.717) is 5.75 Å². The van der Waals surface area contributed by atoms with E-state index in [2.05, 4.69) is 15.9 Å². The zero-order chi connectivity index (χ0) is 14.9. The van der Waals surface area contributed by atoms with Crippen LogP contribution in [0.1, 0.15) is 5.56 Å². The third-order valence-corrected chi connectivity index (χ3v) is 3.88. The molecule has 20 heavy (non-hydrogen) atoms. The molecule has 0 saturated heterocycles. The molecule has 2 aromatic rings. The van der Waals surface area contributed by atoms with Crippen molar-refractivity contribution in [3.05, 3.63) is 59.9 Å². The number of hydrogen-bond donors (Lipinski definition) is 0. The number of nitrogens with zero attached hydrogens (tertiary/aromatic N) is 1. The Labute approximate surface area is 136 Å². The van der Waals surface area contributed by atoms with Crippen molar-refractivity contribution in [1.82, 2.24) is 0 Å². The minimum absolute atomic E-state index is 0.113. The van der Waals surface area contributed by atoms with Crippen LogP contribution in [-0.4, -0.2) is 4.92 Å². The standard InChI is InChI=1S/C13H8BrFINO3/c1-7-4-8(14)2-3-12(7)20-13-5-9(15)10(16)6-11(13)17(18)19/h2-6H,1H3. The zero-order valence-corrected chi connectivity index (χ0v) is 13.9. The molecule has 0 atom stereocenters. The van der Waals surface area contributed by atoms with Crippen LogP contribution >= 0.6 is 38.5 Å². The first kappa shape index (κ1) is 15.2. The topological polar surface area (TPSA) is 52.4 Å². The van der Waals surface area contributed by atoms with Gasteiger partial charge in [0.2, 0.25) is 5.75 Å². The second-order valence-electron chi connectivity index (χ2n) is 4.00. The second-order valence-corrected chi connectivity index (χ2v) is 6.08. The van der Waals surface area contributed by atoms with Crippen LogP contribution in [0.2, 0.25) is 0 Å². The van der Waals surface area contributed by atoms with Gasteiger partial charge in [-0.05, 0) is 53.3 Å². The highest BCUT2D eigenvalue weighted by molar-refractivity contribution is 14.1. The van der Waals surface area contributed by atoms with Crippen LogP contribution in [0.25, 0.3) is 0 Å². The Morgan fingerprint density at radius 1 is 1.30 bits per heavy atom. The second kappa shape index (κ2) is 6.04. The molecule has 0 N–H and O–H groups in total. The van der Waals surface area contributed by atoms with Gasteiger partial charge in [-0.3, -0.25) is 10.1 Å². The largest absolute Gasteiger partial charge is 0.450 e. The lowest BCUT2D eigenvalue weighted by Gasteiger charge is -2.10. The van der Waals surface area contributed by atoms with Gasteiger partial charge in [0, 0.05) is 16.6 Å². The summed E-state index contributed by atoms with van der Waals surface area (Å²) in [6.07, 6.45) is 0. The van der Waals surface area contributed by atoms with Crippen molar-refractivity contribution in [3.63, 3.8) is 0 Å². The van der Waals surface area contributed by atoms with Gasteiger partial charge in [-0.25, -0.2) is 4.39 Å². The molecule has 0 unspecified atom stereocenters. The minimum Gasteiger partial charge on any atom is -0.450 e. The number of ether oxygens (including phenoxy) is 1. The molecule has 0 aliphatic rings. The van der Waals surface area contributed by atoms with Crippen LogP contribution in [0.5, 0.6) is 11.5 Å². The highest BCUT2D eigenvalue weighted by Crippen LogP contribution is 2.35. The minimum atomic E-state index is -0.592. The monoisotopic (exact) mass is 451 g/mol. The first-order chi connectivity index (χ1) is 9.38. The fraction of sp³-hybridized carbons (Fsp3) is 0.0769. The molecular weight excluding hydrogens is 444 g/mol. The molecule has 0 radical (unpaired) electrons. The van der Waals surface area contributed by atoms with Crippen LogP contribution in [0, 0.1) is 26.4 Å². The lowest BCUT2D eigenvalue weighted by molar-refractivity contribution is -0.385. The summed E-state index contributed by atoms with van der Waals surface area (Å²) in [6, 6.07) is 7.40. The van der Waals surface area contributed by atoms with Gasteiger partial charge in [-0.2, -0.15) is 0 Å². The Morgan fingerprint density at radius 2 is 2.00 bits per heavy atom. The van der Waals surface area contributed by atoms with Gasteiger partial charge in [0.05, 0.1) is 8.49 Å². The van der Waals surface area contributed by atoms with E-state index in [9.17, 15) is 14.5 Å². The summed E-state index contributed by atoms with van der Waals surface area (Å²) in [5, 5.41) is 11.0. The number of hydrogen-bond acceptors (Lipinski definition) is 3. The van der Waals surface area contributed by atoms with E-state index in [1.165, 1.54) is 0 Å². The number of nitro benzene ring substituents is 1. The summed E-state index contributed by atoms with van der Waals surface area (Å²) < 4.78 is 20.1. The van der Waals surface area contributed by atoms with Crippen molar-refractivity contribution < 1.29 is 14.1 Å². The molecule has 0 fully saturated rings. The Bertz CT molecular complexity index is 694. The maximum atomic E-state index is 13.6. The molecular formula is C13H8BrFINO3. The van der Waals surface area contributed by atoms with E-state index in [4.69, 9.17) is 4.74 Å². The highest BCUT2D eigenvalue weighted by atomic mass is 127. The molecule has 2 rings (SSSR count). The summed E-state index contributed by atoms with van der Waals surface area (Å²) in [5.41, 5.74) is 0.519. The molecule has 0 bridgehead atoms. The predicted octanol–water partition coefficient (Wildman–Crippen LogP) is 5.20. The van der Waals surface area contributed by atoms with Crippen LogP contribution in [0.15, 0.2) is 34.8 Å². The average molecular weight is 452 g/mol. The normalized spacial score (nSPS) is 10.4. The fourth-order valence-corrected chi connectivity index (χ4v) is 2.51. The number of aryl methyl sites for hydroxylation is 1. The zero-order valence-electron chi connectivity index (χ0n) is 10.2. The Morgan fingerprint density at radius 3 is 2.60 bits per heavy atom. The molecule has 4 nitrogen and oxygen atoms in total. The van der Waals surface area contributed by atoms with E-state index >= 15 is 0 Å². The maximum Gasteiger partial charge on any atom is 0.312 e. The molecule has 7 heteroatoms. The smallest absolute Gasteiger partial charge is 0.312 e. The SMILES string of the molecule is Cc1cc(Br)ccc1Oc1cc(F)c(I)cc1[N+](=O)[O-]. The van der Waals surface area contributed by atoms with Crippen molar-refractivity contribution in [3.8, 4) is 11.5 Å². The van der Waals surface area contributed by atoms with E-state index in [1.54, 1.807) is 41.6 Å². The molecule has 0 heterocycles. The van der Waals surface area contributed by atoms with Crippen molar-refractivity contribution >= 4 is 44.2 Å². The molecule has 0 amide bonds. The Hall–Kier alpha value is -1.22. The number of rotatable bonds is 3. The van der Waals surface area contributed by atoms with Crippen molar-refractivity contribution in [2.24, 2.45) is 0 Å². The van der Waals surface area contributed by atoms with Crippen LogP contribution < -0.4 is 4.74 Å². The van der Waals surface area contributed by atoms with Gasteiger partial charge in [0.25, 0.3) is 0 Å². The highest BCUT2D eigenvalue weighted by Gasteiger charge is 2.20. The lowest BCUT2D eigenvalue weighted by Crippen LogP contribution is -1.97. The predicted molar refractivity (Wildman–Crippen MR) is 84.7 cm³/mol. The van der Waals surface area contributed by atoms with Gasteiger partial charge in [0.15, 0.2) is 0 Å². The molecule has 0 aliphatic carbocycles. The van der Waals surface area contributed by atoms with Gasteiger partial charge >= 0.3 is 5.69 Å². The third-order valence-electron chi connectivity index (χ3n) is 2.56. The van der Waals surface area contributed by atoms with E-state index < -0.39 is 10.7 Å². The van der Waals surface area contributed by atoms with Crippen molar-refractivity contribution in [1.29, 1.82) is 0 Å². The van der Waals surface area contributed by atoms with E-state index in [0.717, 1.165) is 22.2 Å². The van der Waals surface area contributed by atoms with E-state index in [1.807, 2.05) is 6.07 Å². The van der Waals surface area contributed by atoms with Gasteiger partial charge < -0.3 is 4.74 Å². The van der Waals surface area contributed by atoms with Gasteiger partial charge in [-0.1, -0.05) is 15.9 Å². The number of nitro groups is 1. The molecule has 104 valence electrons. The van der Waals surface area contributed by atoms with Crippen molar-refractivity contribution in [2.45, 2.75) is 6.92 Å². The quantitative estimate of drug-likeness (QED) is 0.366. The summed E-state index contributed by atoms with van der Waals surface area (Å²) in [6.45, 7) is 1.80. The lowest BCUT2D eigenvalue weighted by atomic mass is 10.2. The Balaban J connectivity index is 2.47. The number of halogens is 3. The fourth-order valence-electron chi connectivity index (χ4n) is 1.59. The summed E-state index contributed by atoms with van der Waals surface area (Å²) in [5.74, 6) is -0.226. The first-order valence-corrected chi connectivity index (χ1v) is 7.33. The summed E-state index contributed by atoms with van der Waals surface area (Å²) in [4.78, 5) is 10.4. The van der Waals surface area contributed by atoms with Crippen LogP contribution in [0.3, 0.4) is 0 Å². The van der Waals surface area contributed by atoms with Gasteiger partial charge in [-0.15, -0.1) is 0 Å². The first-order valence-electron chi connectivity index (χ1n) is 5.46. The third kappa shape index (κ3) is 3.26. The summed E-state index contributed by atoms with van der Waals surface area (Å²) in [7, 11) is 0. The molecule has 0 spiro atoms. The molecule has 0 saturated carbocycles. The molecule has 0 aromatic heterocycles. The van der Waals surface area contributed by atoms with Crippen LogP contribution in [-0.2, 0) is 0 Å². The Kier molecular flexibility index (Phi) is 4.59. The van der Waals surface area contributed by atoms with E-state index in [-0.39, 0.29) is 15.0 Å².